The minimum Gasteiger partial charge on any atom is -0.464 e. The SMILES string of the molecule is CCOc1nc(N)nc(Oc2cccc(F)c2C#N)n1. The average Bonchev–Trinajstić information content (AvgIpc) is 2.38. The summed E-state index contributed by atoms with van der Waals surface area (Å²) in [4.78, 5) is 11.3. The van der Waals surface area contributed by atoms with Gasteiger partial charge in [-0.25, -0.2) is 4.39 Å². The van der Waals surface area contributed by atoms with Gasteiger partial charge in [-0.05, 0) is 19.1 Å². The van der Waals surface area contributed by atoms with Crippen LogP contribution in [0.3, 0.4) is 0 Å². The van der Waals surface area contributed by atoms with Crippen LogP contribution in [0.5, 0.6) is 17.8 Å². The zero-order valence-corrected chi connectivity index (χ0v) is 10.5. The van der Waals surface area contributed by atoms with E-state index in [9.17, 15) is 4.39 Å². The van der Waals surface area contributed by atoms with Crippen molar-refractivity contribution < 1.29 is 13.9 Å². The van der Waals surface area contributed by atoms with Gasteiger partial charge < -0.3 is 15.2 Å². The van der Waals surface area contributed by atoms with Gasteiger partial charge in [-0.1, -0.05) is 6.07 Å². The third kappa shape index (κ3) is 2.89. The first kappa shape index (κ1) is 13.5. The molecule has 1 aromatic carbocycles. The van der Waals surface area contributed by atoms with Gasteiger partial charge in [0, 0.05) is 0 Å². The van der Waals surface area contributed by atoms with E-state index >= 15 is 0 Å². The lowest BCUT2D eigenvalue weighted by Crippen LogP contribution is -2.05. The Kier molecular flexibility index (Phi) is 3.91. The zero-order valence-electron chi connectivity index (χ0n) is 10.5. The summed E-state index contributed by atoms with van der Waals surface area (Å²) in [6.07, 6.45) is 0. The van der Waals surface area contributed by atoms with Crippen molar-refractivity contribution >= 4 is 5.95 Å². The predicted molar refractivity (Wildman–Crippen MR) is 66.6 cm³/mol. The van der Waals surface area contributed by atoms with Crippen molar-refractivity contribution in [3.8, 4) is 23.8 Å². The van der Waals surface area contributed by atoms with E-state index < -0.39 is 5.82 Å². The van der Waals surface area contributed by atoms with E-state index in [2.05, 4.69) is 15.0 Å². The van der Waals surface area contributed by atoms with Crippen LogP contribution in [0.4, 0.5) is 10.3 Å². The molecule has 20 heavy (non-hydrogen) atoms. The normalized spacial score (nSPS) is 9.85. The second kappa shape index (κ2) is 5.79. The molecule has 0 atom stereocenters. The number of nitriles is 1. The van der Waals surface area contributed by atoms with Gasteiger partial charge >= 0.3 is 12.0 Å². The predicted octanol–water partition coefficient (Wildman–Crippen LogP) is 1.66. The van der Waals surface area contributed by atoms with Crippen LogP contribution in [0.1, 0.15) is 12.5 Å². The van der Waals surface area contributed by atoms with Crippen molar-refractivity contribution in [3.05, 3.63) is 29.6 Å². The molecule has 2 N–H and O–H groups in total. The largest absolute Gasteiger partial charge is 0.464 e. The fourth-order valence-corrected chi connectivity index (χ4v) is 1.39. The number of nitrogens with two attached hydrogens (primary N) is 1. The van der Waals surface area contributed by atoms with Crippen LogP contribution in [-0.4, -0.2) is 21.6 Å². The number of aromatic nitrogens is 3. The van der Waals surface area contributed by atoms with Crippen molar-refractivity contribution in [2.45, 2.75) is 6.92 Å². The molecule has 0 spiro atoms. The molecule has 0 saturated heterocycles. The molecule has 7 nitrogen and oxygen atoms in total. The Balaban J connectivity index is 2.35. The molecule has 0 unspecified atom stereocenters. The highest BCUT2D eigenvalue weighted by molar-refractivity contribution is 5.45. The maximum absolute atomic E-state index is 13.4. The van der Waals surface area contributed by atoms with Crippen LogP contribution in [0.2, 0.25) is 0 Å². The van der Waals surface area contributed by atoms with E-state index in [-0.39, 0.29) is 29.3 Å². The molecule has 0 aliphatic heterocycles. The Morgan fingerprint density at radius 2 is 2.05 bits per heavy atom. The fourth-order valence-electron chi connectivity index (χ4n) is 1.39. The molecule has 2 aromatic rings. The number of nitrogen functional groups attached to an aromatic ring is 1. The number of halogens is 1. The molecule has 0 amide bonds. The van der Waals surface area contributed by atoms with Crippen molar-refractivity contribution in [2.24, 2.45) is 0 Å². The van der Waals surface area contributed by atoms with Gasteiger partial charge in [0.15, 0.2) is 5.75 Å². The Morgan fingerprint density at radius 3 is 2.75 bits per heavy atom. The van der Waals surface area contributed by atoms with Gasteiger partial charge in [0.25, 0.3) is 0 Å². The first-order chi connectivity index (χ1) is 9.63. The van der Waals surface area contributed by atoms with E-state index in [0.717, 1.165) is 6.07 Å². The second-order valence-electron chi connectivity index (χ2n) is 3.52. The monoisotopic (exact) mass is 275 g/mol. The highest BCUT2D eigenvalue weighted by atomic mass is 19.1. The lowest BCUT2D eigenvalue weighted by Gasteiger charge is -2.07. The minimum atomic E-state index is -0.697. The van der Waals surface area contributed by atoms with Crippen LogP contribution in [0.25, 0.3) is 0 Å². The topological polar surface area (TPSA) is 107 Å². The smallest absolute Gasteiger partial charge is 0.330 e. The lowest BCUT2D eigenvalue weighted by molar-refractivity contribution is 0.304. The molecule has 0 saturated carbocycles. The summed E-state index contributed by atoms with van der Waals surface area (Å²) in [7, 11) is 0. The summed E-state index contributed by atoms with van der Waals surface area (Å²) >= 11 is 0. The van der Waals surface area contributed by atoms with E-state index in [0.29, 0.717) is 6.61 Å². The van der Waals surface area contributed by atoms with E-state index in [1.54, 1.807) is 13.0 Å². The highest BCUT2D eigenvalue weighted by Gasteiger charge is 2.13. The van der Waals surface area contributed by atoms with Crippen LogP contribution in [0, 0.1) is 17.1 Å². The molecular formula is C12H10FN5O2. The van der Waals surface area contributed by atoms with E-state index in [4.69, 9.17) is 20.5 Å². The summed E-state index contributed by atoms with van der Waals surface area (Å²) in [6, 6.07) is 5.49. The number of ether oxygens (including phenoxy) is 2. The number of hydrogen-bond donors (Lipinski definition) is 1. The maximum atomic E-state index is 13.4. The number of hydrogen-bond acceptors (Lipinski definition) is 7. The van der Waals surface area contributed by atoms with Crippen molar-refractivity contribution in [2.75, 3.05) is 12.3 Å². The summed E-state index contributed by atoms with van der Waals surface area (Å²) in [5, 5.41) is 8.90. The summed E-state index contributed by atoms with van der Waals surface area (Å²) in [5.41, 5.74) is 5.24. The highest BCUT2D eigenvalue weighted by Crippen LogP contribution is 2.25. The Bertz CT molecular complexity index is 671. The molecule has 1 aromatic heterocycles. The van der Waals surface area contributed by atoms with Gasteiger partial charge in [0.1, 0.15) is 17.4 Å². The molecular weight excluding hydrogens is 265 g/mol. The number of benzene rings is 1. The third-order valence-corrected chi connectivity index (χ3v) is 2.17. The Hall–Kier alpha value is -2.95. The Labute approximate surface area is 113 Å². The molecule has 1 heterocycles. The standard InChI is InChI=1S/C12H10FN5O2/c1-2-19-11-16-10(15)17-12(18-11)20-9-5-3-4-8(13)7(9)6-14/h3-5H,2H2,1H3,(H2,15,16,17,18). The average molecular weight is 275 g/mol. The van der Waals surface area contributed by atoms with Crippen LogP contribution in [-0.2, 0) is 0 Å². The van der Waals surface area contributed by atoms with Gasteiger partial charge in [0.05, 0.1) is 6.61 Å². The molecule has 0 aliphatic rings. The van der Waals surface area contributed by atoms with Crippen molar-refractivity contribution in [1.82, 2.24) is 15.0 Å². The fraction of sp³-hybridized carbons (Fsp3) is 0.167. The number of nitrogens with zero attached hydrogens (tertiary/aromatic N) is 4. The Morgan fingerprint density at radius 1 is 1.30 bits per heavy atom. The molecule has 2 rings (SSSR count). The molecule has 0 radical (unpaired) electrons. The number of anilines is 1. The van der Waals surface area contributed by atoms with E-state index in [1.807, 2.05) is 0 Å². The number of rotatable bonds is 4. The molecule has 102 valence electrons. The first-order valence-corrected chi connectivity index (χ1v) is 5.65. The summed E-state index contributed by atoms with van der Waals surface area (Å²) in [5.74, 6) is -0.814. The quantitative estimate of drug-likeness (QED) is 0.903. The summed E-state index contributed by atoms with van der Waals surface area (Å²) < 4.78 is 23.8. The lowest BCUT2D eigenvalue weighted by atomic mass is 10.2. The zero-order chi connectivity index (χ0) is 14.5. The molecule has 0 bridgehead atoms. The van der Waals surface area contributed by atoms with Crippen LogP contribution >= 0.6 is 0 Å². The van der Waals surface area contributed by atoms with Gasteiger partial charge in [-0.2, -0.15) is 15.2 Å². The molecule has 0 aliphatic carbocycles. The van der Waals surface area contributed by atoms with Crippen molar-refractivity contribution in [1.29, 1.82) is 5.26 Å². The first-order valence-electron chi connectivity index (χ1n) is 5.65. The van der Waals surface area contributed by atoms with Gasteiger partial charge in [0.2, 0.25) is 5.95 Å². The minimum absolute atomic E-state index is 0.00934. The summed E-state index contributed by atoms with van der Waals surface area (Å²) in [6.45, 7) is 2.09. The van der Waals surface area contributed by atoms with Crippen molar-refractivity contribution in [3.63, 3.8) is 0 Å². The van der Waals surface area contributed by atoms with Gasteiger partial charge in [-0.15, -0.1) is 4.98 Å². The third-order valence-electron chi connectivity index (χ3n) is 2.17. The van der Waals surface area contributed by atoms with E-state index in [1.165, 1.54) is 12.1 Å². The van der Waals surface area contributed by atoms with Gasteiger partial charge in [-0.3, -0.25) is 0 Å². The molecule has 8 heteroatoms. The van der Waals surface area contributed by atoms with Crippen LogP contribution < -0.4 is 15.2 Å². The molecule has 0 fully saturated rings. The maximum Gasteiger partial charge on any atom is 0.330 e. The second-order valence-corrected chi connectivity index (χ2v) is 3.52. The van der Waals surface area contributed by atoms with Crippen LogP contribution in [0.15, 0.2) is 18.2 Å².